The molecule has 0 amide bonds. The predicted molar refractivity (Wildman–Crippen MR) is 102 cm³/mol. The number of hydrogen-bond donors (Lipinski definition) is 1. The van der Waals surface area contributed by atoms with Crippen LogP contribution >= 0.6 is 0 Å². The summed E-state index contributed by atoms with van der Waals surface area (Å²) in [5, 5.41) is 6.85. The number of carbonyl (C=O) groups excluding carboxylic acids is 1. The molecule has 0 bridgehead atoms. The molecule has 1 N–H and O–H groups in total. The number of Topliss-reactive ketones (excluding diaryl/α,β-unsaturated/α-hetero) is 1. The lowest BCUT2D eigenvalue weighted by Crippen LogP contribution is -2.49. The average Bonchev–Trinajstić information content (AvgIpc) is 3.13. The van der Waals surface area contributed by atoms with Gasteiger partial charge in [-0.1, -0.05) is 19.0 Å². The van der Waals surface area contributed by atoms with Crippen molar-refractivity contribution in [3.63, 3.8) is 0 Å². The highest BCUT2D eigenvalue weighted by atomic mass is 19.4. The molecule has 1 atom stereocenters. The maximum Gasteiger partial charge on any atom is 0.522 e. The molecule has 1 aromatic heterocycles. The van der Waals surface area contributed by atoms with E-state index in [1.165, 1.54) is 0 Å². The first-order valence-corrected chi connectivity index (χ1v) is 10.1. The third-order valence-electron chi connectivity index (χ3n) is 4.99. The zero-order valence-electron chi connectivity index (χ0n) is 17.9. The van der Waals surface area contributed by atoms with Crippen molar-refractivity contribution in [2.45, 2.75) is 77.0 Å². The standard InChI is InChI=1S/C20H31F3N2O5/c1-18(2,13-28-17-7-5-6-9-27-17)15-11-14(30-25-15)12-16(26)19(3,4)24-8-10-29-20(21,22)23/h11,17,24H,5-10,12-13H2,1-4H3. The summed E-state index contributed by atoms with van der Waals surface area (Å²) in [6.07, 6.45) is -1.94. The van der Waals surface area contributed by atoms with Gasteiger partial charge >= 0.3 is 6.36 Å². The lowest BCUT2D eigenvalue weighted by atomic mass is 9.89. The van der Waals surface area contributed by atoms with E-state index >= 15 is 0 Å². The summed E-state index contributed by atoms with van der Waals surface area (Å²) in [7, 11) is 0. The monoisotopic (exact) mass is 436 g/mol. The van der Waals surface area contributed by atoms with Crippen molar-refractivity contribution in [1.29, 1.82) is 0 Å². The van der Waals surface area contributed by atoms with Crippen LogP contribution in [0.25, 0.3) is 0 Å². The Labute approximate surface area is 174 Å². The van der Waals surface area contributed by atoms with E-state index in [2.05, 4.69) is 15.2 Å². The fraction of sp³-hybridized carbons (Fsp3) is 0.800. The first-order chi connectivity index (χ1) is 13.9. The molecule has 1 unspecified atom stereocenters. The van der Waals surface area contributed by atoms with E-state index < -0.39 is 23.9 Å². The van der Waals surface area contributed by atoms with Gasteiger partial charge in [0.05, 0.1) is 30.9 Å². The molecule has 172 valence electrons. The number of nitrogens with zero attached hydrogens (tertiary/aromatic N) is 1. The van der Waals surface area contributed by atoms with Gasteiger partial charge in [-0.3, -0.25) is 9.53 Å². The average molecular weight is 436 g/mol. The van der Waals surface area contributed by atoms with Gasteiger partial charge in [0.2, 0.25) is 0 Å². The molecule has 0 aliphatic carbocycles. The largest absolute Gasteiger partial charge is 0.522 e. The van der Waals surface area contributed by atoms with E-state index in [0.717, 1.165) is 19.3 Å². The quantitative estimate of drug-likeness (QED) is 0.532. The third kappa shape index (κ3) is 7.98. The highest BCUT2D eigenvalue weighted by molar-refractivity contribution is 5.89. The second kappa shape index (κ2) is 10.2. The molecular weight excluding hydrogens is 405 g/mol. The van der Waals surface area contributed by atoms with Crippen LogP contribution in [0, 0.1) is 0 Å². The minimum absolute atomic E-state index is 0.0319. The van der Waals surface area contributed by atoms with Crippen molar-refractivity contribution in [1.82, 2.24) is 10.5 Å². The summed E-state index contributed by atoms with van der Waals surface area (Å²) >= 11 is 0. The second-order valence-corrected chi connectivity index (χ2v) is 8.62. The topological polar surface area (TPSA) is 82.8 Å². The second-order valence-electron chi connectivity index (χ2n) is 8.62. The van der Waals surface area contributed by atoms with E-state index in [1.807, 2.05) is 13.8 Å². The maximum atomic E-state index is 12.6. The summed E-state index contributed by atoms with van der Waals surface area (Å²) in [4.78, 5) is 12.6. The van der Waals surface area contributed by atoms with Crippen LogP contribution in [-0.4, -0.2) is 55.5 Å². The van der Waals surface area contributed by atoms with Crippen LogP contribution in [0.2, 0.25) is 0 Å². The van der Waals surface area contributed by atoms with E-state index in [-0.39, 0.29) is 25.0 Å². The molecule has 2 rings (SSSR count). The highest BCUT2D eigenvalue weighted by Gasteiger charge is 2.32. The SMILES string of the molecule is CC(C)(NCCOC(F)(F)F)C(=O)Cc1cc(C(C)(C)COC2CCCCO2)no1. The molecule has 1 aliphatic rings. The Hall–Kier alpha value is -1.49. The van der Waals surface area contributed by atoms with Crippen molar-refractivity contribution in [3.05, 3.63) is 17.5 Å². The van der Waals surface area contributed by atoms with E-state index in [1.54, 1.807) is 19.9 Å². The van der Waals surface area contributed by atoms with Gasteiger partial charge in [0, 0.05) is 24.6 Å². The van der Waals surface area contributed by atoms with Crippen LogP contribution in [0.1, 0.15) is 58.4 Å². The molecule has 7 nitrogen and oxygen atoms in total. The molecule has 2 heterocycles. The predicted octanol–water partition coefficient (Wildman–Crippen LogP) is 3.51. The van der Waals surface area contributed by atoms with Gasteiger partial charge in [0.25, 0.3) is 0 Å². The fourth-order valence-corrected chi connectivity index (χ4v) is 2.94. The Morgan fingerprint density at radius 2 is 2.00 bits per heavy atom. The molecule has 1 aliphatic heterocycles. The Balaban J connectivity index is 1.84. The fourth-order valence-electron chi connectivity index (χ4n) is 2.94. The van der Waals surface area contributed by atoms with Gasteiger partial charge in [-0.25, -0.2) is 0 Å². The molecule has 0 spiro atoms. The minimum atomic E-state index is -4.69. The number of ketones is 1. The molecule has 0 aromatic carbocycles. The Morgan fingerprint density at radius 3 is 2.63 bits per heavy atom. The Morgan fingerprint density at radius 1 is 1.27 bits per heavy atom. The van der Waals surface area contributed by atoms with E-state index in [4.69, 9.17) is 14.0 Å². The number of rotatable bonds is 11. The summed E-state index contributed by atoms with van der Waals surface area (Å²) < 4.78 is 56.5. The van der Waals surface area contributed by atoms with Gasteiger partial charge in [0.15, 0.2) is 12.1 Å². The van der Waals surface area contributed by atoms with Gasteiger partial charge in [-0.15, -0.1) is 13.2 Å². The van der Waals surface area contributed by atoms with E-state index in [9.17, 15) is 18.0 Å². The van der Waals surface area contributed by atoms with Crippen molar-refractivity contribution >= 4 is 5.78 Å². The summed E-state index contributed by atoms with van der Waals surface area (Å²) in [6, 6.07) is 1.71. The zero-order chi connectivity index (χ0) is 22.4. The lowest BCUT2D eigenvalue weighted by Gasteiger charge is -2.28. The maximum absolute atomic E-state index is 12.6. The van der Waals surface area contributed by atoms with Crippen LogP contribution in [0.3, 0.4) is 0 Å². The Bertz CT molecular complexity index is 682. The van der Waals surface area contributed by atoms with Gasteiger partial charge < -0.3 is 19.3 Å². The van der Waals surface area contributed by atoms with Crippen LogP contribution in [0.5, 0.6) is 0 Å². The first-order valence-electron chi connectivity index (χ1n) is 10.1. The van der Waals surface area contributed by atoms with Crippen LogP contribution < -0.4 is 5.32 Å². The molecule has 1 aromatic rings. The van der Waals surface area contributed by atoms with Crippen LogP contribution in [-0.2, 0) is 30.8 Å². The molecule has 0 saturated carbocycles. The molecule has 30 heavy (non-hydrogen) atoms. The summed E-state index contributed by atoms with van der Waals surface area (Å²) in [5.74, 6) is 0.153. The number of hydrogen-bond acceptors (Lipinski definition) is 7. The molecule has 1 saturated heterocycles. The van der Waals surface area contributed by atoms with Gasteiger partial charge in [-0.05, 0) is 33.1 Å². The third-order valence-corrected chi connectivity index (χ3v) is 4.99. The first kappa shape index (κ1) is 24.8. The zero-order valence-corrected chi connectivity index (χ0v) is 17.9. The lowest BCUT2D eigenvalue weighted by molar-refractivity contribution is -0.323. The van der Waals surface area contributed by atoms with Crippen LogP contribution in [0.15, 0.2) is 10.6 Å². The highest BCUT2D eigenvalue weighted by Crippen LogP contribution is 2.26. The normalized spacial score (nSPS) is 18.6. The number of aromatic nitrogens is 1. The Kier molecular flexibility index (Phi) is 8.43. The van der Waals surface area contributed by atoms with Crippen molar-refractivity contribution in [2.24, 2.45) is 0 Å². The van der Waals surface area contributed by atoms with Crippen molar-refractivity contribution in [2.75, 3.05) is 26.4 Å². The number of halogens is 3. The van der Waals surface area contributed by atoms with E-state index in [0.29, 0.717) is 24.7 Å². The number of nitrogens with one attached hydrogen (secondary N) is 1. The smallest absolute Gasteiger partial charge is 0.361 e. The number of ether oxygens (including phenoxy) is 3. The van der Waals surface area contributed by atoms with Gasteiger partial charge in [-0.2, -0.15) is 0 Å². The molecule has 0 radical (unpaired) electrons. The minimum Gasteiger partial charge on any atom is -0.361 e. The summed E-state index contributed by atoms with van der Waals surface area (Å²) in [5.41, 5.74) is -0.821. The molecular formula is C20H31F3N2O5. The summed E-state index contributed by atoms with van der Waals surface area (Å²) in [6.45, 7) is 7.53. The number of carbonyl (C=O) groups is 1. The van der Waals surface area contributed by atoms with Gasteiger partial charge in [0.1, 0.15) is 5.76 Å². The van der Waals surface area contributed by atoms with Crippen molar-refractivity contribution < 1.29 is 36.7 Å². The molecule has 10 heteroatoms. The van der Waals surface area contributed by atoms with Crippen molar-refractivity contribution in [3.8, 4) is 0 Å². The molecule has 1 fully saturated rings. The van der Waals surface area contributed by atoms with Crippen LogP contribution in [0.4, 0.5) is 13.2 Å². The number of alkyl halides is 3.